The molecule has 0 atom stereocenters. The number of rotatable bonds is 3. The highest BCUT2D eigenvalue weighted by molar-refractivity contribution is 6.37. The van der Waals surface area contributed by atoms with Gasteiger partial charge >= 0.3 is 0 Å². The standard InChI is InChI=1S/C11H12Cl2O2/c1-6-4-9(15-5-7(2)14)11(13)8(3)10(6)12/h4H,5H2,1-3H3. The Kier molecular flexibility index (Phi) is 4.00. The molecule has 0 fully saturated rings. The summed E-state index contributed by atoms with van der Waals surface area (Å²) in [6.45, 7) is 5.17. The lowest BCUT2D eigenvalue weighted by atomic mass is 10.1. The van der Waals surface area contributed by atoms with Crippen molar-refractivity contribution < 1.29 is 9.53 Å². The number of aryl methyl sites for hydroxylation is 1. The lowest BCUT2D eigenvalue weighted by molar-refractivity contribution is -0.118. The summed E-state index contributed by atoms with van der Waals surface area (Å²) < 4.78 is 5.27. The van der Waals surface area contributed by atoms with Crippen LogP contribution in [-0.2, 0) is 4.79 Å². The van der Waals surface area contributed by atoms with Crippen LogP contribution in [0.15, 0.2) is 6.07 Å². The molecule has 0 saturated heterocycles. The first-order valence-corrected chi connectivity index (χ1v) is 5.26. The van der Waals surface area contributed by atoms with Crippen molar-refractivity contribution in [1.82, 2.24) is 0 Å². The van der Waals surface area contributed by atoms with Gasteiger partial charge < -0.3 is 4.74 Å². The second-order valence-corrected chi connectivity index (χ2v) is 4.19. The minimum absolute atomic E-state index is 0.0280. The van der Waals surface area contributed by atoms with E-state index in [1.165, 1.54) is 6.92 Å². The Bertz CT molecular complexity index is 400. The van der Waals surface area contributed by atoms with Gasteiger partial charge in [-0.1, -0.05) is 23.2 Å². The summed E-state index contributed by atoms with van der Waals surface area (Å²) in [5.74, 6) is 0.461. The monoisotopic (exact) mass is 246 g/mol. The van der Waals surface area contributed by atoms with Crippen molar-refractivity contribution >= 4 is 29.0 Å². The fraction of sp³-hybridized carbons (Fsp3) is 0.364. The van der Waals surface area contributed by atoms with E-state index >= 15 is 0 Å². The maximum Gasteiger partial charge on any atom is 0.167 e. The number of Topliss-reactive ketones (excluding diaryl/α,β-unsaturated/α-hetero) is 1. The molecule has 0 unspecified atom stereocenters. The van der Waals surface area contributed by atoms with Crippen molar-refractivity contribution in [2.45, 2.75) is 20.8 Å². The highest BCUT2D eigenvalue weighted by atomic mass is 35.5. The number of ether oxygens (including phenoxy) is 1. The molecule has 0 aromatic heterocycles. The number of halogens is 2. The van der Waals surface area contributed by atoms with Crippen molar-refractivity contribution in [3.8, 4) is 5.75 Å². The molecular weight excluding hydrogens is 235 g/mol. The molecule has 0 radical (unpaired) electrons. The molecule has 0 aliphatic rings. The van der Waals surface area contributed by atoms with E-state index in [0.29, 0.717) is 15.8 Å². The van der Waals surface area contributed by atoms with Crippen LogP contribution in [0.25, 0.3) is 0 Å². The van der Waals surface area contributed by atoms with E-state index in [0.717, 1.165) is 11.1 Å². The second kappa shape index (κ2) is 4.86. The normalized spacial score (nSPS) is 10.2. The van der Waals surface area contributed by atoms with Crippen LogP contribution >= 0.6 is 23.2 Å². The van der Waals surface area contributed by atoms with E-state index in [2.05, 4.69) is 0 Å². The average molecular weight is 247 g/mol. The molecule has 1 rings (SSSR count). The van der Waals surface area contributed by atoms with Crippen molar-refractivity contribution in [3.05, 3.63) is 27.2 Å². The van der Waals surface area contributed by atoms with Crippen LogP contribution in [0.4, 0.5) is 0 Å². The highest BCUT2D eigenvalue weighted by Crippen LogP contribution is 2.35. The lowest BCUT2D eigenvalue weighted by Gasteiger charge is -2.11. The molecule has 0 N–H and O–H groups in total. The maximum absolute atomic E-state index is 10.8. The van der Waals surface area contributed by atoms with Gasteiger partial charge in [-0.15, -0.1) is 0 Å². The minimum Gasteiger partial charge on any atom is -0.484 e. The molecule has 0 aliphatic heterocycles. The van der Waals surface area contributed by atoms with Gasteiger partial charge in [-0.25, -0.2) is 0 Å². The Balaban J connectivity index is 3.04. The van der Waals surface area contributed by atoms with E-state index in [4.69, 9.17) is 27.9 Å². The van der Waals surface area contributed by atoms with E-state index in [1.807, 2.05) is 13.8 Å². The first-order valence-electron chi connectivity index (χ1n) is 4.51. The number of benzene rings is 1. The van der Waals surface area contributed by atoms with Gasteiger partial charge in [0, 0.05) is 5.02 Å². The Labute approximate surface area is 99.1 Å². The summed E-state index contributed by atoms with van der Waals surface area (Å²) >= 11 is 12.0. The third-order valence-electron chi connectivity index (χ3n) is 2.00. The molecule has 1 aromatic carbocycles. The summed E-state index contributed by atoms with van der Waals surface area (Å²) in [7, 11) is 0. The molecule has 1 aromatic rings. The minimum atomic E-state index is -0.0451. The van der Waals surface area contributed by atoms with Crippen LogP contribution in [0, 0.1) is 13.8 Å². The van der Waals surface area contributed by atoms with Gasteiger partial charge in [0.05, 0.1) is 5.02 Å². The summed E-state index contributed by atoms with van der Waals surface area (Å²) in [4.78, 5) is 10.8. The predicted molar refractivity (Wildman–Crippen MR) is 62.1 cm³/mol. The Morgan fingerprint density at radius 2 is 1.93 bits per heavy atom. The van der Waals surface area contributed by atoms with Gasteiger partial charge in [-0.3, -0.25) is 4.79 Å². The first kappa shape index (κ1) is 12.3. The summed E-state index contributed by atoms with van der Waals surface area (Å²) in [5.41, 5.74) is 1.66. The van der Waals surface area contributed by atoms with Crippen molar-refractivity contribution in [2.75, 3.05) is 6.61 Å². The number of hydrogen-bond donors (Lipinski definition) is 0. The molecule has 0 bridgehead atoms. The van der Waals surface area contributed by atoms with Crippen LogP contribution in [-0.4, -0.2) is 12.4 Å². The fourth-order valence-corrected chi connectivity index (χ4v) is 1.59. The Hall–Kier alpha value is -0.730. The third kappa shape index (κ3) is 2.86. The largest absolute Gasteiger partial charge is 0.484 e. The molecule has 0 aliphatic carbocycles. The molecule has 0 amide bonds. The molecule has 4 heteroatoms. The number of carbonyl (C=O) groups is 1. The van der Waals surface area contributed by atoms with Gasteiger partial charge in [-0.2, -0.15) is 0 Å². The maximum atomic E-state index is 10.8. The van der Waals surface area contributed by atoms with Gasteiger partial charge in [-0.05, 0) is 38.0 Å². The molecule has 2 nitrogen and oxygen atoms in total. The zero-order valence-corrected chi connectivity index (χ0v) is 10.4. The zero-order chi connectivity index (χ0) is 11.6. The third-order valence-corrected chi connectivity index (χ3v) is 3.05. The topological polar surface area (TPSA) is 26.3 Å². The van der Waals surface area contributed by atoms with Gasteiger partial charge in [0.2, 0.25) is 0 Å². The van der Waals surface area contributed by atoms with Gasteiger partial charge in [0.25, 0.3) is 0 Å². The number of carbonyl (C=O) groups excluding carboxylic acids is 1. The molecule has 0 spiro atoms. The number of ketones is 1. The Morgan fingerprint density at radius 1 is 1.33 bits per heavy atom. The summed E-state index contributed by atoms with van der Waals surface area (Å²) in [6, 6.07) is 1.74. The lowest BCUT2D eigenvalue weighted by Crippen LogP contribution is -2.07. The summed E-state index contributed by atoms with van der Waals surface area (Å²) in [5, 5.41) is 1.10. The van der Waals surface area contributed by atoms with Crippen molar-refractivity contribution in [3.63, 3.8) is 0 Å². The smallest absolute Gasteiger partial charge is 0.167 e. The zero-order valence-electron chi connectivity index (χ0n) is 8.86. The Morgan fingerprint density at radius 3 is 2.47 bits per heavy atom. The van der Waals surface area contributed by atoms with Crippen LogP contribution < -0.4 is 4.74 Å². The predicted octanol–water partition coefficient (Wildman–Crippen LogP) is 3.58. The van der Waals surface area contributed by atoms with E-state index in [9.17, 15) is 4.79 Å². The van der Waals surface area contributed by atoms with E-state index in [-0.39, 0.29) is 12.4 Å². The van der Waals surface area contributed by atoms with E-state index < -0.39 is 0 Å². The van der Waals surface area contributed by atoms with Crippen molar-refractivity contribution in [1.29, 1.82) is 0 Å². The SMILES string of the molecule is CC(=O)COc1cc(C)c(Cl)c(C)c1Cl. The van der Waals surface area contributed by atoms with Crippen LogP contribution in [0.2, 0.25) is 10.0 Å². The van der Waals surface area contributed by atoms with Gasteiger partial charge in [0.1, 0.15) is 12.4 Å². The molecule has 15 heavy (non-hydrogen) atoms. The van der Waals surface area contributed by atoms with Crippen LogP contribution in [0.1, 0.15) is 18.1 Å². The number of hydrogen-bond acceptors (Lipinski definition) is 2. The summed E-state index contributed by atoms with van der Waals surface area (Å²) in [6.07, 6.45) is 0. The van der Waals surface area contributed by atoms with Crippen molar-refractivity contribution in [2.24, 2.45) is 0 Å². The quantitative estimate of drug-likeness (QED) is 0.815. The van der Waals surface area contributed by atoms with Crippen LogP contribution in [0.3, 0.4) is 0 Å². The van der Waals surface area contributed by atoms with Crippen LogP contribution in [0.5, 0.6) is 5.75 Å². The fourth-order valence-electron chi connectivity index (χ4n) is 1.18. The average Bonchev–Trinajstić information content (AvgIpc) is 2.18. The first-order chi connectivity index (χ1) is 6.93. The highest BCUT2D eigenvalue weighted by Gasteiger charge is 2.11. The molecule has 0 saturated carbocycles. The van der Waals surface area contributed by atoms with Gasteiger partial charge in [0.15, 0.2) is 5.78 Å². The molecular formula is C11H12Cl2O2. The molecule has 82 valence electrons. The molecule has 0 heterocycles. The van der Waals surface area contributed by atoms with E-state index in [1.54, 1.807) is 6.07 Å². The second-order valence-electron chi connectivity index (χ2n) is 3.44.